The van der Waals surface area contributed by atoms with Crippen molar-refractivity contribution in [3.63, 3.8) is 0 Å². The van der Waals surface area contributed by atoms with Crippen LogP contribution < -0.4 is 0 Å². The van der Waals surface area contributed by atoms with Crippen LogP contribution in [0.25, 0.3) is 0 Å². The third-order valence-electron chi connectivity index (χ3n) is 24.1. The lowest BCUT2D eigenvalue weighted by Crippen LogP contribution is -2.43. The average molecular weight is 1410 g/mol. The van der Waals surface area contributed by atoms with Crippen molar-refractivity contribution in [2.75, 3.05) is 0 Å². The van der Waals surface area contributed by atoms with Gasteiger partial charge in [-0.2, -0.15) is 0 Å². The molecule has 0 bridgehead atoms. The van der Waals surface area contributed by atoms with Crippen LogP contribution in [0.5, 0.6) is 0 Å². The van der Waals surface area contributed by atoms with E-state index in [-0.39, 0.29) is 0 Å². The molecule has 0 saturated heterocycles. The molecule has 0 aliphatic carbocycles. The number of hydrogen-bond donors (Lipinski definition) is 0. The summed E-state index contributed by atoms with van der Waals surface area (Å²) in [5.74, 6) is 44.8. The third-order valence-corrected chi connectivity index (χ3v) is 61.9. The lowest BCUT2D eigenvalue weighted by Gasteiger charge is -2.38. The molecule has 0 aliphatic heterocycles. The second-order valence-electron chi connectivity index (χ2n) is 34.5. The molecule has 0 aliphatic rings. The van der Waals surface area contributed by atoms with Crippen molar-refractivity contribution in [3.8, 4) is 117 Å². The van der Waals surface area contributed by atoms with Gasteiger partial charge in [0.05, 0.1) is 0 Å². The van der Waals surface area contributed by atoms with Crippen LogP contribution in [0.3, 0.4) is 0 Å². The minimum Gasteiger partial charge on any atom is -0.125 e. The monoisotopic (exact) mass is 1410 g/mol. The van der Waals surface area contributed by atoms with Gasteiger partial charge in [0.15, 0.2) is 0 Å². The molecule has 3 rings (SSSR count). The molecule has 0 fully saturated rings. The predicted molar refractivity (Wildman–Crippen MR) is 455 cm³/mol. The summed E-state index contributed by atoms with van der Waals surface area (Å²) in [5, 5.41) is 0. The Labute approximate surface area is 613 Å². The van der Waals surface area contributed by atoms with Crippen LogP contribution in [0.1, 0.15) is 316 Å². The summed E-state index contributed by atoms with van der Waals surface area (Å²) in [4.78, 5) is 0. The van der Waals surface area contributed by atoms with E-state index in [9.17, 15) is 0 Å². The fraction of sp³-hybridized carbons (Fsp3) is 0.587. The molecule has 0 atom stereocenters. The number of rotatable bonds is 18. The summed E-state index contributed by atoms with van der Waals surface area (Å²) >= 11 is 0. The Morgan fingerprint density at radius 1 is 0.163 bits per heavy atom. The van der Waals surface area contributed by atoms with Crippen molar-refractivity contribution < 1.29 is 0 Å². The van der Waals surface area contributed by atoms with E-state index in [0.717, 1.165) is 66.8 Å². The maximum Gasteiger partial charge on any atom is 0.146 e. The normalized spacial score (nSPS) is 12.4. The van der Waals surface area contributed by atoms with Gasteiger partial charge >= 0.3 is 0 Å². The van der Waals surface area contributed by atoms with Gasteiger partial charge in [-0.25, -0.2) is 0 Å². The standard InChI is InChI=1S/C92H134Si6/c1-39-81-57-89(47-53-95(69(15)16,70(17)18)71(19)20)83(59-87(81)45-51-93(63(3)4,64(5)6)65(7)8)41-43-85-61-92(50-56-98(78(33)34,79(35)36)80(37)38)86(62-91(85)49-55-97(75(27)28,76(29)30)77(31)32)44-42-84-60-88(46-52-94(66(9)10,67(11)12)68(13)14)82(40-2)58-90(84)48-54-96(72(21)22,73(23)24)74(25)26/h1-2,57-80H,3-38H3. The molecular formula is C92H134Si6. The second-order valence-corrected chi connectivity index (χ2v) is 68.0. The van der Waals surface area contributed by atoms with E-state index in [2.05, 4.69) is 390 Å². The van der Waals surface area contributed by atoms with Crippen LogP contribution in [0, 0.1) is 117 Å². The molecule has 0 heterocycles. The average Bonchev–Trinajstić information content (AvgIpc) is 0.794. The van der Waals surface area contributed by atoms with Gasteiger partial charge in [-0.15, -0.1) is 46.1 Å². The molecule has 0 radical (unpaired) electrons. The van der Waals surface area contributed by atoms with Gasteiger partial charge in [0.25, 0.3) is 0 Å². The maximum absolute atomic E-state index is 6.56. The topological polar surface area (TPSA) is 0 Å². The highest BCUT2D eigenvalue weighted by Crippen LogP contribution is 2.46. The molecule has 0 unspecified atom stereocenters. The molecule has 3 aromatic rings. The lowest BCUT2D eigenvalue weighted by molar-refractivity contribution is 0.838. The van der Waals surface area contributed by atoms with E-state index in [4.69, 9.17) is 12.8 Å². The zero-order valence-corrected chi connectivity index (χ0v) is 75.0. The Morgan fingerprint density at radius 3 is 0.357 bits per heavy atom. The summed E-state index contributed by atoms with van der Waals surface area (Å²) in [7, 11) is -13.3. The first kappa shape index (κ1) is 86.8. The quantitative estimate of drug-likeness (QED) is 0.0880. The van der Waals surface area contributed by atoms with Crippen molar-refractivity contribution in [2.45, 2.75) is 349 Å². The van der Waals surface area contributed by atoms with Gasteiger partial charge < -0.3 is 0 Å². The predicted octanol–water partition coefficient (Wildman–Crippen LogP) is 25.9. The maximum atomic E-state index is 6.56. The molecule has 0 saturated carbocycles. The highest BCUT2D eigenvalue weighted by Gasteiger charge is 2.47. The molecule has 0 spiro atoms. The molecule has 3 aromatic carbocycles. The molecular weight excluding hydrogens is 1270 g/mol. The summed E-state index contributed by atoms with van der Waals surface area (Å²) in [6.45, 7) is 85.5. The highest BCUT2D eigenvalue weighted by molar-refractivity contribution is 6.93. The van der Waals surface area contributed by atoms with E-state index in [1.165, 1.54) is 0 Å². The first-order valence-electron chi connectivity index (χ1n) is 38.0. The van der Waals surface area contributed by atoms with E-state index in [1.54, 1.807) is 0 Å². The third kappa shape index (κ3) is 18.1. The van der Waals surface area contributed by atoms with Crippen molar-refractivity contribution in [1.29, 1.82) is 0 Å². The number of terminal acetylenes is 2. The molecule has 6 heteroatoms. The highest BCUT2D eigenvalue weighted by atomic mass is 28.3. The summed E-state index contributed by atoms with van der Waals surface area (Å²) < 4.78 is 0. The smallest absolute Gasteiger partial charge is 0.125 e. The molecule has 0 N–H and O–H groups in total. The van der Waals surface area contributed by atoms with Crippen LogP contribution in [0.15, 0.2) is 36.4 Å². The first-order chi connectivity index (χ1) is 45.3. The van der Waals surface area contributed by atoms with E-state index in [1.807, 2.05) is 0 Å². The molecule has 526 valence electrons. The fourth-order valence-electron chi connectivity index (χ4n) is 19.0. The SMILES string of the molecule is C#Cc1cc(C#C[Si](C(C)C)(C(C)C)C(C)C)c(C#Cc2cc(C#C[Si](C(C)C)(C(C)C)C(C)C)c(C#Cc3cc(C#C[Si](C(C)C)(C(C)C)C(C)C)c(C#C)cc3C#C[Si](C(C)C)(C(C)C)C(C)C)cc2C#C[Si](C(C)C)(C(C)C)C(C)C)cc1C#C[Si](C(C)C)(C(C)C)C(C)C. The Morgan fingerprint density at radius 2 is 0.255 bits per heavy atom. The van der Waals surface area contributed by atoms with E-state index in [0.29, 0.717) is 99.7 Å². The second kappa shape index (κ2) is 35.9. The van der Waals surface area contributed by atoms with Crippen LogP contribution in [0.4, 0.5) is 0 Å². The van der Waals surface area contributed by atoms with E-state index >= 15 is 0 Å². The molecule has 0 amide bonds. The minimum atomic E-state index is -2.30. The van der Waals surface area contributed by atoms with Crippen molar-refractivity contribution in [1.82, 2.24) is 0 Å². The van der Waals surface area contributed by atoms with Crippen molar-refractivity contribution in [3.05, 3.63) is 103 Å². The van der Waals surface area contributed by atoms with E-state index < -0.39 is 48.4 Å². The van der Waals surface area contributed by atoms with Gasteiger partial charge in [0.1, 0.15) is 48.4 Å². The zero-order valence-electron chi connectivity index (χ0n) is 69.0. The Bertz CT molecular complexity index is 3520. The molecule has 0 aromatic heterocycles. The van der Waals surface area contributed by atoms with Gasteiger partial charge in [-0.3, -0.25) is 0 Å². The fourth-order valence-corrected chi connectivity index (χ4v) is 50.3. The van der Waals surface area contributed by atoms with Gasteiger partial charge in [0.2, 0.25) is 0 Å². The number of hydrogen-bond acceptors (Lipinski definition) is 0. The summed E-state index contributed by atoms with van der Waals surface area (Å²) in [6.07, 6.45) is 13.1. The van der Waals surface area contributed by atoms with Crippen molar-refractivity contribution in [2.24, 2.45) is 0 Å². The van der Waals surface area contributed by atoms with Crippen LogP contribution in [0.2, 0.25) is 99.7 Å². The van der Waals surface area contributed by atoms with Crippen molar-refractivity contribution >= 4 is 48.4 Å². The Hall–Kier alpha value is -5.44. The Kier molecular flexibility index (Phi) is 31.8. The van der Waals surface area contributed by atoms with Gasteiger partial charge in [0, 0.05) is 66.8 Å². The Balaban J connectivity index is 3.10. The lowest BCUT2D eigenvalue weighted by atomic mass is 9.96. The summed E-state index contributed by atoms with van der Waals surface area (Å²) in [5.41, 5.74) is 42.1. The zero-order chi connectivity index (χ0) is 75.3. The van der Waals surface area contributed by atoms with Crippen LogP contribution >= 0.6 is 0 Å². The largest absolute Gasteiger partial charge is 0.146 e. The van der Waals surface area contributed by atoms with Gasteiger partial charge in [-0.05, 0) is 136 Å². The van der Waals surface area contributed by atoms with Crippen LogP contribution in [-0.4, -0.2) is 48.4 Å². The van der Waals surface area contributed by atoms with Gasteiger partial charge in [-0.1, -0.05) is 320 Å². The van der Waals surface area contributed by atoms with Crippen LogP contribution in [-0.2, 0) is 0 Å². The molecule has 98 heavy (non-hydrogen) atoms. The minimum absolute atomic E-state index is 0.411. The summed E-state index contributed by atoms with van der Waals surface area (Å²) in [6, 6.07) is 13.0. The molecule has 0 nitrogen and oxygen atoms in total. The first-order valence-corrected chi connectivity index (χ1v) is 51.4. The number of benzene rings is 3.